The lowest BCUT2D eigenvalue weighted by atomic mass is 9.97. The van der Waals surface area contributed by atoms with Crippen LogP contribution in [0, 0.1) is 0 Å². The molecule has 1 heterocycles. The molecule has 0 amide bonds. The summed E-state index contributed by atoms with van der Waals surface area (Å²) in [6, 6.07) is 0. The maximum Gasteiger partial charge on any atom is 0.337 e. The molecular weight excluding hydrogens is 182 g/mol. The van der Waals surface area contributed by atoms with E-state index in [-0.39, 0.29) is 5.54 Å². The Labute approximate surface area is 84.8 Å². The number of carboxylic acids is 1. The summed E-state index contributed by atoms with van der Waals surface area (Å²) in [4.78, 5) is 16.5. The summed E-state index contributed by atoms with van der Waals surface area (Å²) in [5.41, 5.74) is -1.19. The van der Waals surface area contributed by atoms with Crippen LogP contribution in [0.25, 0.3) is 0 Å². The van der Waals surface area contributed by atoms with E-state index in [0.717, 1.165) is 13.0 Å². The highest BCUT2D eigenvalue weighted by Gasteiger charge is 2.42. The zero-order chi connectivity index (χ0) is 11.0. The van der Waals surface area contributed by atoms with Crippen LogP contribution >= 0.6 is 0 Å². The Morgan fingerprint density at radius 3 is 2.50 bits per heavy atom. The van der Waals surface area contributed by atoms with Gasteiger partial charge in [-0.25, -0.2) is 4.79 Å². The van der Waals surface area contributed by atoms with Gasteiger partial charge in [-0.1, -0.05) is 0 Å². The van der Waals surface area contributed by atoms with Crippen molar-refractivity contribution in [2.75, 3.05) is 6.54 Å². The Bertz CT molecular complexity index is 234. The first-order chi connectivity index (χ1) is 6.26. The highest BCUT2D eigenvalue weighted by atomic mass is 16.7. The average molecular weight is 201 g/mol. The Kier molecular flexibility index (Phi) is 2.88. The fourth-order valence-electron chi connectivity index (χ4n) is 1.51. The van der Waals surface area contributed by atoms with E-state index >= 15 is 0 Å². The molecule has 14 heavy (non-hydrogen) atoms. The second kappa shape index (κ2) is 3.51. The van der Waals surface area contributed by atoms with E-state index in [1.165, 1.54) is 0 Å². The molecule has 1 aliphatic rings. The molecule has 1 atom stereocenters. The van der Waals surface area contributed by atoms with Crippen molar-refractivity contribution in [2.24, 2.45) is 0 Å². The van der Waals surface area contributed by atoms with Crippen LogP contribution in [-0.2, 0) is 9.63 Å². The molecule has 1 fully saturated rings. The minimum atomic E-state index is -1.05. The van der Waals surface area contributed by atoms with E-state index in [2.05, 4.69) is 0 Å². The third-order valence-corrected chi connectivity index (χ3v) is 2.53. The van der Waals surface area contributed by atoms with E-state index in [0.29, 0.717) is 6.42 Å². The van der Waals surface area contributed by atoms with Gasteiger partial charge in [0.05, 0.1) is 0 Å². The summed E-state index contributed by atoms with van der Waals surface area (Å²) in [7, 11) is 0. The van der Waals surface area contributed by atoms with Crippen LogP contribution in [0.15, 0.2) is 0 Å². The molecule has 0 spiro atoms. The Balaban J connectivity index is 2.74. The minimum Gasteiger partial charge on any atom is -0.479 e. The number of hydrogen-bond acceptors (Lipinski definition) is 3. The number of hydroxylamine groups is 2. The van der Waals surface area contributed by atoms with Gasteiger partial charge in [0.15, 0.2) is 5.60 Å². The van der Waals surface area contributed by atoms with Gasteiger partial charge >= 0.3 is 5.97 Å². The van der Waals surface area contributed by atoms with Crippen molar-refractivity contribution in [1.82, 2.24) is 5.06 Å². The first-order valence-corrected chi connectivity index (χ1v) is 4.96. The summed E-state index contributed by atoms with van der Waals surface area (Å²) in [6.45, 7) is 8.47. The molecule has 1 rings (SSSR count). The molecule has 0 saturated carbocycles. The fraction of sp³-hybridized carbons (Fsp3) is 0.900. The van der Waals surface area contributed by atoms with Gasteiger partial charge in [-0.15, -0.1) is 0 Å². The third kappa shape index (κ3) is 2.25. The van der Waals surface area contributed by atoms with E-state index in [1.54, 1.807) is 12.0 Å². The maximum absolute atomic E-state index is 11.0. The van der Waals surface area contributed by atoms with E-state index in [4.69, 9.17) is 9.94 Å². The topological polar surface area (TPSA) is 49.8 Å². The molecule has 1 N–H and O–H groups in total. The Hall–Kier alpha value is -0.610. The molecule has 0 radical (unpaired) electrons. The standard InChI is InChI=1S/C10H19NO3/c1-9(2,3)11-7-5-6-10(4,14-11)8(12)13/h5-7H2,1-4H3,(H,12,13). The number of nitrogens with zero attached hydrogens (tertiary/aromatic N) is 1. The van der Waals surface area contributed by atoms with Crippen LogP contribution < -0.4 is 0 Å². The monoisotopic (exact) mass is 201 g/mol. The van der Waals surface area contributed by atoms with Gasteiger partial charge in [-0.3, -0.25) is 4.84 Å². The van der Waals surface area contributed by atoms with Crippen molar-refractivity contribution < 1.29 is 14.7 Å². The third-order valence-electron chi connectivity index (χ3n) is 2.53. The Morgan fingerprint density at radius 1 is 1.50 bits per heavy atom. The van der Waals surface area contributed by atoms with Crippen molar-refractivity contribution in [2.45, 2.75) is 51.7 Å². The highest BCUT2D eigenvalue weighted by molar-refractivity contribution is 5.76. The van der Waals surface area contributed by atoms with Crippen LogP contribution in [0.5, 0.6) is 0 Å². The first kappa shape index (κ1) is 11.5. The van der Waals surface area contributed by atoms with Gasteiger partial charge in [0, 0.05) is 12.1 Å². The van der Waals surface area contributed by atoms with Crippen molar-refractivity contribution in [3.8, 4) is 0 Å². The van der Waals surface area contributed by atoms with Gasteiger partial charge < -0.3 is 5.11 Å². The van der Waals surface area contributed by atoms with Gasteiger partial charge in [0.1, 0.15) is 0 Å². The van der Waals surface area contributed by atoms with E-state index in [1.807, 2.05) is 20.8 Å². The number of rotatable bonds is 1. The molecule has 1 saturated heterocycles. The van der Waals surface area contributed by atoms with Gasteiger partial charge in [-0.2, -0.15) is 5.06 Å². The van der Waals surface area contributed by atoms with E-state index < -0.39 is 11.6 Å². The van der Waals surface area contributed by atoms with Crippen LogP contribution in [0.3, 0.4) is 0 Å². The molecule has 0 bridgehead atoms. The lowest BCUT2D eigenvalue weighted by molar-refractivity contribution is -0.296. The number of carbonyl (C=O) groups is 1. The quantitative estimate of drug-likeness (QED) is 0.701. The van der Waals surface area contributed by atoms with Crippen molar-refractivity contribution in [3.05, 3.63) is 0 Å². The average Bonchev–Trinajstić information content (AvgIpc) is 2.02. The lowest BCUT2D eigenvalue weighted by Gasteiger charge is -2.43. The number of aliphatic carboxylic acids is 1. The van der Waals surface area contributed by atoms with Crippen LogP contribution in [0.1, 0.15) is 40.5 Å². The number of carboxylic acid groups (broad SMARTS) is 1. The smallest absolute Gasteiger partial charge is 0.337 e. The molecule has 0 aromatic carbocycles. The van der Waals surface area contributed by atoms with Crippen LogP contribution in [0.4, 0.5) is 0 Å². The second-order valence-corrected chi connectivity index (χ2v) is 5.00. The predicted octanol–water partition coefficient (Wildman–Crippen LogP) is 1.66. The molecular formula is C10H19NO3. The zero-order valence-electron chi connectivity index (χ0n) is 9.33. The first-order valence-electron chi connectivity index (χ1n) is 4.96. The van der Waals surface area contributed by atoms with Crippen LogP contribution in [0.2, 0.25) is 0 Å². The molecule has 0 aliphatic carbocycles. The molecule has 0 aromatic heterocycles. The van der Waals surface area contributed by atoms with Crippen molar-refractivity contribution in [3.63, 3.8) is 0 Å². The van der Waals surface area contributed by atoms with Crippen molar-refractivity contribution >= 4 is 5.97 Å². The summed E-state index contributed by atoms with van der Waals surface area (Å²) in [6.07, 6.45) is 1.44. The maximum atomic E-state index is 11.0. The molecule has 1 unspecified atom stereocenters. The number of hydrogen-bond donors (Lipinski definition) is 1. The summed E-state index contributed by atoms with van der Waals surface area (Å²) >= 11 is 0. The summed E-state index contributed by atoms with van der Waals surface area (Å²) in [5, 5.41) is 10.8. The van der Waals surface area contributed by atoms with Crippen LogP contribution in [-0.4, -0.2) is 33.8 Å². The lowest BCUT2D eigenvalue weighted by Crippen LogP contribution is -2.54. The molecule has 82 valence electrons. The SMILES string of the molecule is CC1(C(=O)O)CCCN(C(C)(C)C)O1. The minimum absolute atomic E-state index is 0.142. The largest absolute Gasteiger partial charge is 0.479 e. The van der Waals surface area contributed by atoms with Gasteiger partial charge in [0.2, 0.25) is 0 Å². The van der Waals surface area contributed by atoms with Gasteiger partial charge in [0.25, 0.3) is 0 Å². The normalized spacial score (nSPS) is 30.3. The van der Waals surface area contributed by atoms with Crippen molar-refractivity contribution in [1.29, 1.82) is 0 Å². The molecule has 1 aliphatic heterocycles. The molecule has 4 heteroatoms. The molecule has 0 aromatic rings. The highest BCUT2D eigenvalue weighted by Crippen LogP contribution is 2.29. The fourth-order valence-corrected chi connectivity index (χ4v) is 1.51. The zero-order valence-corrected chi connectivity index (χ0v) is 9.33. The molecule has 4 nitrogen and oxygen atoms in total. The van der Waals surface area contributed by atoms with E-state index in [9.17, 15) is 4.79 Å². The summed E-state index contributed by atoms with van der Waals surface area (Å²) < 4.78 is 0. The predicted molar refractivity (Wildman–Crippen MR) is 52.8 cm³/mol. The summed E-state index contributed by atoms with van der Waals surface area (Å²) in [5.74, 6) is -0.883. The second-order valence-electron chi connectivity index (χ2n) is 5.00. The van der Waals surface area contributed by atoms with Gasteiger partial charge in [-0.05, 0) is 40.5 Å². The Morgan fingerprint density at radius 2 is 2.07 bits per heavy atom.